The predicted octanol–water partition coefficient (Wildman–Crippen LogP) is 3.84. The second-order valence-electron chi connectivity index (χ2n) is 4.99. The number of nitrogens with zero attached hydrogens (tertiary/aromatic N) is 1. The Morgan fingerprint density at radius 1 is 1.21 bits per heavy atom. The highest BCUT2D eigenvalue weighted by atomic mass is 35.5. The van der Waals surface area contributed by atoms with Gasteiger partial charge < -0.3 is 4.90 Å². The topological polar surface area (TPSA) is 20.3 Å². The summed E-state index contributed by atoms with van der Waals surface area (Å²) in [5.74, 6) is 0.0781. The van der Waals surface area contributed by atoms with Crippen molar-refractivity contribution in [2.45, 2.75) is 38.1 Å². The maximum atomic E-state index is 12.9. The zero-order chi connectivity index (χ0) is 13.7. The van der Waals surface area contributed by atoms with Crippen LogP contribution in [0.3, 0.4) is 0 Å². The van der Waals surface area contributed by atoms with Crippen molar-refractivity contribution in [3.05, 3.63) is 35.6 Å². The van der Waals surface area contributed by atoms with Gasteiger partial charge in [-0.15, -0.1) is 11.6 Å². The molecule has 1 fully saturated rings. The number of alkyl halides is 1. The molecule has 0 radical (unpaired) electrons. The molecule has 2 rings (SSSR count). The SMILES string of the molecule is O=C(c1ccc(F)cc1)N(CCCl)C1CCCCC1. The molecule has 104 valence electrons. The van der Waals surface area contributed by atoms with E-state index < -0.39 is 0 Å². The molecule has 0 aliphatic heterocycles. The first kappa shape index (κ1) is 14.3. The average Bonchev–Trinajstić information content (AvgIpc) is 2.46. The number of hydrogen-bond donors (Lipinski definition) is 0. The Morgan fingerprint density at radius 2 is 1.84 bits per heavy atom. The maximum Gasteiger partial charge on any atom is 0.254 e. The number of rotatable bonds is 4. The predicted molar refractivity (Wildman–Crippen MR) is 75.0 cm³/mol. The normalized spacial score (nSPS) is 16.3. The largest absolute Gasteiger partial charge is 0.334 e. The zero-order valence-electron chi connectivity index (χ0n) is 10.9. The highest BCUT2D eigenvalue weighted by Crippen LogP contribution is 2.24. The Morgan fingerprint density at radius 3 is 2.42 bits per heavy atom. The van der Waals surface area contributed by atoms with E-state index in [-0.39, 0.29) is 17.8 Å². The van der Waals surface area contributed by atoms with Crippen molar-refractivity contribution in [1.82, 2.24) is 4.90 Å². The van der Waals surface area contributed by atoms with Crippen LogP contribution in [-0.2, 0) is 0 Å². The van der Waals surface area contributed by atoms with Crippen LogP contribution in [0, 0.1) is 5.82 Å². The summed E-state index contributed by atoms with van der Waals surface area (Å²) >= 11 is 5.82. The number of amides is 1. The first-order valence-electron chi connectivity index (χ1n) is 6.85. The molecule has 0 spiro atoms. The van der Waals surface area contributed by atoms with Gasteiger partial charge in [0.15, 0.2) is 0 Å². The molecule has 0 unspecified atom stereocenters. The molecule has 0 atom stereocenters. The molecular formula is C15H19ClFNO. The van der Waals surface area contributed by atoms with Crippen LogP contribution in [0.2, 0.25) is 0 Å². The minimum atomic E-state index is -0.321. The fourth-order valence-electron chi connectivity index (χ4n) is 2.69. The first-order valence-corrected chi connectivity index (χ1v) is 7.38. The van der Waals surface area contributed by atoms with E-state index in [4.69, 9.17) is 11.6 Å². The molecule has 1 amide bonds. The smallest absolute Gasteiger partial charge is 0.254 e. The van der Waals surface area contributed by atoms with Crippen LogP contribution in [-0.4, -0.2) is 29.3 Å². The van der Waals surface area contributed by atoms with Crippen molar-refractivity contribution >= 4 is 17.5 Å². The van der Waals surface area contributed by atoms with Gasteiger partial charge >= 0.3 is 0 Å². The summed E-state index contributed by atoms with van der Waals surface area (Å²) in [6.07, 6.45) is 5.67. The molecule has 2 nitrogen and oxygen atoms in total. The van der Waals surface area contributed by atoms with E-state index in [2.05, 4.69) is 0 Å². The minimum absolute atomic E-state index is 0.0347. The number of carbonyl (C=O) groups excluding carboxylic acids is 1. The van der Waals surface area contributed by atoms with Crippen molar-refractivity contribution in [1.29, 1.82) is 0 Å². The maximum absolute atomic E-state index is 12.9. The monoisotopic (exact) mass is 283 g/mol. The van der Waals surface area contributed by atoms with Gasteiger partial charge in [-0.3, -0.25) is 4.79 Å². The molecule has 1 aromatic rings. The lowest BCUT2D eigenvalue weighted by molar-refractivity contribution is 0.0649. The Kier molecular flexibility index (Phi) is 5.20. The second-order valence-corrected chi connectivity index (χ2v) is 5.36. The van der Waals surface area contributed by atoms with E-state index in [0.717, 1.165) is 12.8 Å². The highest BCUT2D eigenvalue weighted by molar-refractivity contribution is 6.18. The van der Waals surface area contributed by atoms with E-state index in [1.807, 2.05) is 4.90 Å². The van der Waals surface area contributed by atoms with Gasteiger partial charge in [-0.25, -0.2) is 4.39 Å². The van der Waals surface area contributed by atoms with Crippen LogP contribution in [0.1, 0.15) is 42.5 Å². The van der Waals surface area contributed by atoms with Gasteiger partial charge in [0.2, 0.25) is 0 Å². The van der Waals surface area contributed by atoms with Crippen molar-refractivity contribution in [2.24, 2.45) is 0 Å². The Labute approximate surface area is 118 Å². The minimum Gasteiger partial charge on any atom is -0.334 e. The molecule has 0 bridgehead atoms. The molecule has 0 aromatic heterocycles. The lowest BCUT2D eigenvalue weighted by Crippen LogP contribution is -2.42. The Balaban J connectivity index is 2.13. The van der Waals surface area contributed by atoms with E-state index in [1.165, 1.54) is 31.4 Å². The van der Waals surface area contributed by atoms with E-state index in [0.29, 0.717) is 18.0 Å². The van der Waals surface area contributed by atoms with Crippen molar-refractivity contribution in [3.63, 3.8) is 0 Å². The van der Waals surface area contributed by atoms with Gasteiger partial charge in [-0.2, -0.15) is 0 Å². The third-order valence-electron chi connectivity index (χ3n) is 3.69. The van der Waals surface area contributed by atoms with E-state index >= 15 is 0 Å². The number of halogens is 2. The van der Waals surface area contributed by atoms with Crippen molar-refractivity contribution < 1.29 is 9.18 Å². The van der Waals surface area contributed by atoms with Crippen LogP contribution in [0.25, 0.3) is 0 Å². The zero-order valence-corrected chi connectivity index (χ0v) is 11.7. The molecule has 0 N–H and O–H groups in total. The van der Waals surface area contributed by atoms with Crippen LogP contribution in [0.4, 0.5) is 4.39 Å². The third kappa shape index (κ3) is 3.69. The number of carbonyl (C=O) groups is 1. The highest BCUT2D eigenvalue weighted by Gasteiger charge is 2.25. The lowest BCUT2D eigenvalue weighted by Gasteiger charge is -2.34. The summed E-state index contributed by atoms with van der Waals surface area (Å²) in [5.41, 5.74) is 0.539. The van der Waals surface area contributed by atoms with Crippen LogP contribution in [0.15, 0.2) is 24.3 Å². The van der Waals surface area contributed by atoms with Crippen molar-refractivity contribution in [2.75, 3.05) is 12.4 Å². The summed E-state index contributed by atoms with van der Waals surface area (Å²) in [6, 6.07) is 6.02. The summed E-state index contributed by atoms with van der Waals surface area (Å²) in [6.45, 7) is 0.558. The van der Waals surface area contributed by atoms with Crippen LogP contribution in [0.5, 0.6) is 0 Å². The molecule has 0 saturated heterocycles. The van der Waals surface area contributed by atoms with Gasteiger partial charge in [-0.05, 0) is 37.1 Å². The fraction of sp³-hybridized carbons (Fsp3) is 0.533. The lowest BCUT2D eigenvalue weighted by atomic mass is 9.93. The number of benzene rings is 1. The van der Waals surface area contributed by atoms with Crippen molar-refractivity contribution in [3.8, 4) is 0 Å². The van der Waals surface area contributed by atoms with Gasteiger partial charge in [0.05, 0.1) is 0 Å². The van der Waals surface area contributed by atoms with Gasteiger partial charge in [0.25, 0.3) is 5.91 Å². The van der Waals surface area contributed by atoms with E-state index in [9.17, 15) is 9.18 Å². The quantitative estimate of drug-likeness (QED) is 0.769. The molecule has 19 heavy (non-hydrogen) atoms. The third-order valence-corrected chi connectivity index (χ3v) is 3.86. The first-order chi connectivity index (χ1) is 9.22. The number of hydrogen-bond acceptors (Lipinski definition) is 1. The Bertz CT molecular complexity index is 415. The molecule has 1 aliphatic rings. The van der Waals surface area contributed by atoms with E-state index in [1.54, 1.807) is 12.1 Å². The molecule has 1 saturated carbocycles. The average molecular weight is 284 g/mol. The summed E-state index contributed by atoms with van der Waals surface area (Å²) in [4.78, 5) is 14.4. The molecule has 4 heteroatoms. The Hall–Kier alpha value is -1.09. The summed E-state index contributed by atoms with van der Waals surface area (Å²) in [7, 11) is 0. The molecule has 1 aliphatic carbocycles. The standard InChI is InChI=1S/C15H19ClFNO/c16-10-11-18(14-4-2-1-3-5-14)15(19)12-6-8-13(17)9-7-12/h6-9,14H,1-5,10-11H2. The summed E-state index contributed by atoms with van der Waals surface area (Å²) < 4.78 is 12.9. The summed E-state index contributed by atoms with van der Waals surface area (Å²) in [5, 5.41) is 0. The second kappa shape index (κ2) is 6.90. The molecule has 0 heterocycles. The van der Waals surface area contributed by atoms with Crippen LogP contribution < -0.4 is 0 Å². The fourth-order valence-corrected chi connectivity index (χ4v) is 2.87. The molecule has 1 aromatic carbocycles. The van der Waals surface area contributed by atoms with Gasteiger partial charge in [0, 0.05) is 24.0 Å². The molecular weight excluding hydrogens is 265 g/mol. The van der Waals surface area contributed by atoms with Gasteiger partial charge in [-0.1, -0.05) is 19.3 Å². The van der Waals surface area contributed by atoms with Gasteiger partial charge in [0.1, 0.15) is 5.82 Å². The van der Waals surface area contributed by atoms with Crippen LogP contribution >= 0.6 is 11.6 Å².